The summed E-state index contributed by atoms with van der Waals surface area (Å²) < 4.78 is 44.1. The Morgan fingerprint density at radius 2 is 1.88 bits per heavy atom. The van der Waals surface area contributed by atoms with Crippen LogP contribution in [0.25, 0.3) is 11.0 Å². The molecule has 0 aliphatic rings. The van der Waals surface area contributed by atoms with Crippen molar-refractivity contribution in [3.63, 3.8) is 0 Å². The van der Waals surface area contributed by atoms with Gasteiger partial charge < -0.3 is 5.32 Å². The van der Waals surface area contributed by atoms with Crippen molar-refractivity contribution in [3.05, 3.63) is 68.5 Å². The summed E-state index contributed by atoms with van der Waals surface area (Å²) in [7, 11) is 0. The van der Waals surface area contributed by atoms with Crippen LogP contribution in [0.5, 0.6) is 0 Å². The van der Waals surface area contributed by atoms with E-state index in [9.17, 15) is 18.0 Å². The van der Waals surface area contributed by atoms with E-state index in [0.717, 1.165) is 20.8 Å². The number of rotatable bonds is 5. The summed E-state index contributed by atoms with van der Waals surface area (Å²) in [6, 6.07) is 8.62. The first-order valence-electron chi connectivity index (χ1n) is 9.70. The molecule has 0 atom stereocenters. The van der Waals surface area contributed by atoms with Crippen molar-refractivity contribution in [1.29, 1.82) is 0 Å². The van der Waals surface area contributed by atoms with Crippen LogP contribution in [0.1, 0.15) is 22.5 Å². The second kappa shape index (κ2) is 8.79. The molecular formula is C21H17BrClF3N6O. The first-order valence-corrected chi connectivity index (χ1v) is 10.9. The topological polar surface area (TPSA) is 77.6 Å². The molecule has 4 aromatic rings. The van der Waals surface area contributed by atoms with Crippen molar-refractivity contribution in [2.45, 2.75) is 33.1 Å². The summed E-state index contributed by atoms with van der Waals surface area (Å²) in [6.07, 6.45) is -2.99. The molecule has 0 spiro atoms. The zero-order valence-corrected chi connectivity index (χ0v) is 19.8. The molecule has 0 aliphatic heterocycles. The quantitative estimate of drug-likeness (QED) is 0.369. The van der Waals surface area contributed by atoms with Gasteiger partial charge in [0.05, 0.1) is 23.2 Å². The molecular weight excluding hydrogens is 525 g/mol. The van der Waals surface area contributed by atoms with Crippen molar-refractivity contribution in [2.75, 3.05) is 5.32 Å². The maximum Gasteiger partial charge on any atom is 0.417 e. The monoisotopic (exact) mass is 540 g/mol. The van der Waals surface area contributed by atoms with E-state index in [-0.39, 0.29) is 39.8 Å². The summed E-state index contributed by atoms with van der Waals surface area (Å²) in [6.45, 7) is 2.99. The lowest BCUT2D eigenvalue weighted by molar-refractivity contribution is -0.136. The van der Waals surface area contributed by atoms with Crippen LogP contribution in [0.3, 0.4) is 0 Å². The van der Waals surface area contributed by atoms with Crippen LogP contribution in [0, 0.1) is 13.8 Å². The standard InChI is InChI=1S/C21H17BrClF3N6O/c1-11-7-15(21(24,25)26)18-12(2)29-32(20(18)27-11)10-17(33)28-19-16(23)9-31(30-19)8-13-3-5-14(22)6-4-13/h3-7,9H,8,10H2,1-2H3,(H,28,30,33). The number of nitrogens with zero attached hydrogens (tertiary/aromatic N) is 5. The highest BCUT2D eigenvalue weighted by molar-refractivity contribution is 9.10. The molecule has 3 aromatic heterocycles. The van der Waals surface area contributed by atoms with E-state index >= 15 is 0 Å². The summed E-state index contributed by atoms with van der Waals surface area (Å²) in [5.74, 6) is -0.404. The number of aryl methyl sites for hydroxylation is 2. The minimum absolute atomic E-state index is 0.0122. The maximum atomic E-state index is 13.5. The Kier molecular flexibility index (Phi) is 6.19. The predicted octanol–water partition coefficient (Wildman–Crippen LogP) is 5.37. The lowest BCUT2D eigenvalue weighted by atomic mass is 10.1. The summed E-state index contributed by atoms with van der Waals surface area (Å²) in [4.78, 5) is 16.8. The number of anilines is 1. The van der Waals surface area contributed by atoms with E-state index in [0.29, 0.717) is 6.54 Å². The Bertz CT molecular complexity index is 1350. The van der Waals surface area contributed by atoms with Crippen LogP contribution < -0.4 is 5.32 Å². The Morgan fingerprint density at radius 1 is 1.18 bits per heavy atom. The van der Waals surface area contributed by atoms with Crippen LogP contribution in [0.2, 0.25) is 5.02 Å². The fourth-order valence-corrected chi connectivity index (χ4v) is 3.92. The third kappa shape index (κ3) is 5.03. The van der Waals surface area contributed by atoms with E-state index in [1.807, 2.05) is 24.3 Å². The summed E-state index contributed by atoms with van der Waals surface area (Å²) in [5.41, 5.74) is 0.446. The molecule has 0 bridgehead atoms. The van der Waals surface area contributed by atoms with Gasteiger partial charge in [-0.05, 0) is 37.6 Å². The number of alkyl halides is 3. The molecule has 33 heavy (non-hydrogen) atoms. The fourth-order valence-electron chi connectivity index (χ4n) is 3.46. The normalized spacial score (nSPS) is 11.8. The Balaban J connectivity index is 1.54. The van der Waals surface area contributed by atoms with Crippen molar-refractivity contribution in [3.8, 4) is 0 Å². The SMILES string of the molecule is Cc1cc(C(F)(F)F)c2c(C)nn(CC(=O)Nc3nn(Cc4ccc(Br)cc4)cc3Cl)c2n1. The van der Waals surface area contributed by atoms with Gasteiger partial charge >= 0.3 is 6.18 Å². The maximum absolute atomic E-state index is 13.5. The zero-order chi connectivity index (χ0) is 23.9. The van der Waals surface area contributed by atoms with Gasteiger partial charge in [0.25, 0.3) is 0 Å². The fraction of sp³-hybridized carbons (Fsp3) is 0.238. The molecule has 7 nitrogen and oxygen atoms in total. The number of aromatic nitrogens is 5. The van der Waals surface area contributed by atoms with Crippen LogP contribution >= 0.6 is 27.5 Å². The summed E-state index contributed by atoms with van der Waals surface area (Å²) in [5, 5.41) is 11.1. The molecule has 4 rings (SSSR count). The smallest absolute Gasteiger partial charge is 0.306 e. The number of hydrogen-bond donors (Lipinski definition) is 1. The highest BCUT2D eigenvalue weighted by Gasteiger charge is 2.35. The molecule has 0 radical (unpaired) electrons. The van der Waals surface area contributed by atoms with Gasteiger partial charge in [0.2, 0.25) is 5.91 Å². The van der Waals surface area contributed by atoms with E-state index in [1.54, 1.807) is 10.9 Å². The molecule has 0 unspecified atom stereocenters. The van der Waals surface area contributed by atoms with E-state index in [4.69, 9.17) is 11.6 Å². The predicted molar refractivity (Wildman–Crippen MR) is 121 cm³/mol. The third-order valence-electron chi connectivity index (χ3n) is 4.84. The van der Waals surface area contributed by atoms with Gasteiger partial charge in [-0.2, -0.15) is 23.4 Å². The van der Waals surface area contributed by atoms with Crippen molar-refractivity contribution in [2.24, 2.45) is 0 Å². The van der Waals surface area contributed by atoms with Gasteiger partial charge in [-0.15, -0.1) is 0 Å². The zero-order valence-electron chi connectivity index (χ0n) is 17.4. The highest BCUT2D eigenvalue weighted by Crippen LogP contribution is 2.36. The van der Waals surface area contributed by atoms with Crippen LogP contribution in [-0.4, -0.2) is 30.5 Å². The van der Waals surface area contributed by atoms with E-state index in [1.165, 1.54) is 13.8 Å². The van der Waals surface area contributed by atoms with Gasteiger partial charge in [-0.25, -0.2) is 9.67 Å². The van der Waals surface area contributed by atoms with Gasteiger partial charge in [0.1, 0.15) is 11.6 Å². The molecule has 172 valence electrons. The van der Waals surface area contributed by atoms with Gasteiger partial charge in [0, 0.05) is 16.4 Å². The lowest BCUT2D eigenvalue weighted by Gasteiger charge is -2.10. The third-order valence-corrected chi connectivity index (χ3v) is 5.64. The number of hydrogen-bond acceptors (Lipinski definition) is 4. The first-order chi connectivity index (χ1) is 15.5. The Hall–Kier alpha value is -2.92. The second-order valence-electron chi connectivity index (χ2n) is 7.45. The molecule has 0 fully saturated rings. The number of carbonyl (C=O) groups excluding carboxylic acids is 1. The molecule has 3 heterocycles. The van der Waals surface area contributed by atoms with E-state index in [2.05, 4.69) is 36.4 Å². The van der Waals surface area contributed by atoms with Crippen molar-refractivity contribution < 1.29 is 18.0 Å². The second-order valence-corrected chi connectivity index (χ2v) is 8.77. The minimum Gasteiger partial charge on any atom is -0.306 e. The molecule has 1 amide bonds. The molecule has 0 saturated carbocycles. The largest absolute Gasteiger partial charge is 0.417 e. The number of pyridine rings is 1. The number of amides is 1. The number of benzene rings is 1. The van der Waals surface area contributed by atoms with Gasteiger partial charge in [-0.3, -0.25) is 9.48 Å². The number of fused-ring (bicyclic) bond motifs is 1. The number of halogens is 5. The minimum atomic E-state index is -4.57. The molecule has 1 N–H and O–H groups in total. The summed E-state index contributed by atoms with van der Waals surface area (Å²) >= 11 is 9.59. The number of carbonyl (C=O) groups is 1. The van der Waals surface area contributed by atoms with Crippen LogP contribution in [-0.2, 0) is 24.1 Å². The molecule has 12 heteroatoms. The first kappa shape index (κ1) is 23.2. The van der Waals surface area contributed by atoms with Gasteiger partial charge in [0.15, 0.2) is 11.5 Å². The molecule has 0 aliphatic carbocycles. The average Bonchev–Trinajstić information content (AvgIpc) is 3.21. The highest BCUT2D eigenvalue weighted by atomic mass is 79.9. The van der Waals surface area contributed by atoms with E-state index < -0.39 is 17.6 Å². The average molecular weight is 542 g/mol. The van der Waals surface area contributed by atoms with Crippen molar-refractivity contribution in [1.82, 2.24) is 24.5 Å². The Morgan fingerprint density at radius 3 is 2.55 bits per heavy atom. The van der Waals surface area contributed by atoms with Crippen LogP contribution in [0.15, 0.2) is 41.0 Å². The van der Waals surface area contributed by atoms with Crippen LogP contribution in [0.4, 0.5) is 19.0 Å². The Labute approximate surface area is 199 Å². The molecule has 1 aromatic carbocycles. The van der Waals surface area contributed by atoms with Gasteiger partial charge in [-0.1, -0.05) is 39.7 Å². The van der Waals surface area contributed by atoms with Crippen molar-refractivity contribution >= 4 is 50.3 Å². The lowest BCUT2D eigenvalue weighted by Crippen LogP contribution is -2.20. The molecule has 0 saturated heterocycles. The number of nitrogens with one attached hydrogen (secondary N) is 1.